The van der Waals surface area contributed by atoms with Gasteiger partial charge in [0.1, 0.15) is 5.82 Å². The van der Waals surface area contributed by atoms with E-state index in [1.165, 1.54) is 31.2 Å². The molecule has 2 heterocycles. The van der Waals surface area contributed by atoms with Gasteiger partial charge in [-0.1, -0.05) is 36.4 Å². The van der Waals surface area contributed by atoms with Gasteiger partial charge in [0.15, 0.2) is 0 Å². The predicted molar refractivity (Wildman–Crippen MR) is 112 cm³/mol. The average molecular weight is 408 g/mol. The number of nitrogens with zero attached hydrogens (tertiary/aromatic N) is 2. The highest BCUT2D eigenvalue weighted by molar-refractivity contribution is 5.95. The van der Waals surface area contributed by atoms with Crippen LogP contribution in [0.15, 0.2) is 54.6 Å². The third-order valence-corrected chi connectivity index (χ3v) is 6.26. The lowest BCUT2D eigenvalue weighted by molar-refractivity contribution is -0.191. The molecule has 1 spiro atoms. The van der Waals surface area contributed by atoms with Gasteiger partial charge in [0, 0.05) is 31.5 Å². The minimum Gasteiger partial charge on any atom is -0.394 e. The van der Waals surface area contributed by atoms with Gasteiger partial charge >= 0.3 is 0 Å². The van der Waals surface area contributed by atoms with Crippen LogP contribution in [0.2, 0.25) is 0 Å². The van der Waals surface area contributed by atoms with E-state index in [1.807, 2.05) is 43.3 Å². The number of amides is 2. The summed E-state index contributed by atoms with van der Waals surface area (Å²) in [4.78, 5) is 28.6. The van der Waals surface area contributed by atoms with Crippen LogP contribution in [0, 0.1) is 5.82 Å². The van der Waals surface area contributed by atoms with E-state index in [9.17, 15) is 19.1 Å². The summed E-state index contributed by atoms with van der Waals surface area (Å²) < 4.78 is 13.2. The molecule has 0 bridgehead atoms. The van der Waals surface area contributed by atoms with Crippen molar-refractivity contribution in [1.29, 1.82) is 0 Å². The predicted octanol–water partition coefficient (Wildman–Crippen LogP) is 3.06. The molecule has 2 fully saturated rings. The normalized spacial score (nSPS) is 22.1. The Balaban J connectivity index is 1.60. The zero-order valence-corrected chi connectivity index (χ0v) is 17.1. The van der Waals surface area contributed by atoms with Crippen LogP contribution >= 0.6 is 0 Å². The molecule has 2 atom stereocenters. The van der Waals surface area contributed by atoms with Gasteiger partial charge in [-0.25, -0.2) is 4.39 Å². The van der Waals surface area contributed by atoms with Crippen LogP contribution in [-0.2, 0) is 4.79 Å². The van der Waals surface area contributed by atoms with Crippen molar-refractivity contribution in [2.75, 3.05) is 19.7 Å². The molecule has 5 nitrogen and oxygen atoms in total. The molecule has 4 rings (SSSR count). The summed E-state index contributed by atoms with van der Waals surface area (Å²) in [6, 6.07) is 13.3. The first kappa shape index (κ1) is 20.3. The Hall–Kier alpha value is -2.99. The Kier molecular flexibility index (Phi) is 5.20. The molecule has 2 aromatic carbocycles. The smallest absolute Gasteiger partial charge is 0.254 e. The maximum atomic E-state index is 13.2. The molecule has 156 valence electrons. The summed E-state index contributed by atoms with van der Waals surface area (Å²) >= 11 is 0. The number of benzene rings is 2. The highest BCUT2D eigenvalue weighted by Gasteiger charge is 2.67. The standard InChI is InChI=1S/C24H25FN2O3/c1-3-4-17-5-7-18(8-6-17)22-21(13-28)27(16(2)29)24(22)14-26(15-24)23(30)19-9-11-20(25)12-10-19/h3-12,21-22,28H,13-15H2,1-2H3/t21-,22+/m0/s1. The molecule has 0 radical (unpaired) electrons. The van der Waals surface area contributed by atoms with Gasteiger partial charge in [-0.15, -0.1) is 0 Å². The average Bonchev–Trinajstić information content (AvgIpc) is 2.68. The van der Waals surface area contributed by atoms with E-state index < -0.39 is 5.54 Å². The second kappa shape index (κ2) is 7.69. The van der Waals surface area contributed by atoms with Crippen molar-refractivity contribution in [3.63, 3.8) is 0 Å². The molecule has 0 saturated carbocycles. The van der Waals surface area contributed by atoms with Gasteiger partial charge in [-0.3, -0.25) is 9.59 Å². The quantitative estimate of drug-likeness (QED) is 0.846. The van der Waals surface area contributed by atoms with Crippen molar-refractivity contribution >= 4 is 17.9 Å². The topological polar surface area (TPSA) is 60.9 Å². The van der Waals surface area contributed by atoms with Crippen LogP contribution in [0.5, 0.6) is 0 Å². The first-order chi connectivity index (χ1) is 14.4. The van der Waals surface area contributed by atoms with Crippen molar-refractivity contribution in [3.05, 3.63) is 77.1 Å². The number of hydrogen-bond acceptors (Lipinski definition) is 3. The summed E-state index contributed by atoms with van der Waals surface area (Å²) in [6.45, 7) is 4.11. The zero-order chi connectivity index (χ0) is 21.5. The van der Waals surface area contributed by atoms with E-state index in [-0.39, 0.29) is 36.2 Å². The van der Waals surface area contributed by atoms with E-state index in [2.05, 4.69) is 0 Å². The molecule has 6 heteroatoms. The largest absolute Gasteiger partial charge is 0.394 e. The molecule has 2 aliphatic heterocycles. The number of carbonyl (C=O) groups excluding carboxylic acids is 2. The van der Waals surface area contributed by atoms with Crippen LogP contribution in [0.3, 0.4) is 0 Å². The van der Waals surface area contributed by atoms with Gasteiger partial charge in [-0.05, 0) is 42.3 Å². The Morgan fingerprint density at radius 1 is 1.13 bits per heavy atom. The summed E-state index contributed by atoms with van der Waals surface area (Å²) in [6.07, 6.45) is 3.98. The van der Waals surface area contributed by atoms with E-state index in [0.717, 1.165) is 11.1 Å². The molecule has 2 aliphatic rings. The van der Waals surface area contributed by atoms with Crippen molar-refractivity contribution in [2.24, 2.45) is 0 Å². The summed E-state index contributed by atoms with van der Waals surface area (Å²) in [5.74, 6) is -0.729. The first-order valence-corrected chi connectivity index (χ1v) is 10.1. The fraction of sp³-hybridized carbons (Fsp3) is 0.333. The SMILES string of the molecule is CC=Cc1ccc([C@@H]2[C@H](CO)N(C(C)=O)C23CN(C(=O)c2ccc(F)cc2)C3)cc1. The number of likely N-dealkylation sites (tertiary alicyclic amines) is 2. The number of rotatable bonds is 4. The minimum absolute atomic E-state index is 0.0525. The molecular weight excluding hydrogens is 383 g/mol. The van der Waals surface area contributed by atoms with Gasteiger partial charge in [-0.2, -0.15) is 0 Å². The zero-order valence-electron chi connectivity index (χ0n) is 17.1. The molecule has 0 aliphatic carbocycles. The molecule has 1 N–H and O–H groups in total. The van der Waals surface area contributed by atoms with E-state index >= 15 is 0 Å². The first-order valence-electron chi connectivity index (χ1n) is 10.1. The molecule has 0 aromatic heterocycles. The summed E-state index contributed by atoms with van der Waals surface area (Å²) in [5, 5.41) is 9.99. The van der Waals surface area contributed by atoms with Crippen LogP contribution in [0.1, 0.15) is 41.3 Å². The van der Waals surface area contributed by atoms with Crippen LogP contribution in [-0.4, -0.2) is 58.0 Å². The summed E-state index contributed by atoms with van der Waals surface area (Å²) in [7, 11) is 0. The molecule has 30 heavy (non-hydrogen) atoms. The van der Waals surface area contributed by atoms with Crippen molar-refractivity contribution in [3.8, 4) is 0 Å². The lowest BCUT2D eigenvalue weighted by Gasteiger charge is -2.70. The van der Waals surface area contributed by atoms with E-state index in [4.69, 9.17) is 0 Å². The molecule has 0 unspecified atom stereocenters. The second-order valence-corrected chi connectivity index (χ2v) is 8.05. The number of aliphatic hydroxyl groups is 1. The maximum absolute atomic E-state index is 13.2. The number of aliphatic hydroxyl groups excluding tert-OH is 1. The minimum atomic E-state index is -0.517. The summed E-state index contributed by atoms with van der Waals surface area (Å²) in [5.41, 5.74) is 2.04. The molecule has 2 aromatic rings. The number of carbonyl (C=O) groups is 2. The second-order valence-electron chi connectivity index (χ2n) is 8.05. The third-order valence-electron chi connectivity index (χ3n) is 6.26. The van der Waals surface area contributed by atoms with Crippen molar-refractivity contribution in [2.45, 2.75) is 31.3 Å². The lowest BCUT2D eigenvalue weighted by atomic mass is 9.60. The van der Waals surface area contributed by atoms with E-state index in [1.54, 1.807) is 9.80 Å². The number of hydrogen-bond donors (Lipinski definition) is 1. The Morgan fingerprint density at radius 3 is 2.30 bits per heavy atom. The Labute approximate surface area is 175 Å². The van der Waals surface area contributed by atoms with Crippen LogP contribution in [0.25, 0.3) is 6.08 Å². The van der Waals surface area contributed by atoms with Gasteiger partial charge < -0.3 is 14.9 Å². The number of allylic oxidation sites excluding steroid dienone is 1. The monoisotopic (exact) mass is 408 g/mol. The van der Waals surface area contributed by atoms with Crippen LogP contribution in [0.4, 0.5) is 4.39 Å². The third kappa shape index (κ3) is 3.12. The number of halogens is 1. The highest BCUT2D eigenvalue weighted by Crippen LogP contribution is 2.54. The lowest BCUT2D eigenvalue weighted by Crippen LogP contribution is -2.85. The van der Waals surface area contributed by atoms with Gasteiger partial charge in [0.25, 0.3) is 5.91 Å². The maximum Gasteiger partial charge on any atom is 0.254 e. The fourth-order valence-electron chi connectivity index (χ4n) is 5.06. The fourth-order valence-corrected chi connectivity index (χ4v) is 5.06. The Morgan fingerprint density at radius 2 is 1.77 bits per heavy atom. The van der Waals surface area contributed by atoms with Crippen molar-refractivity contribution in [1.82, 2.24) is 9.80 Å². The molecule has 2 saturated heterocycles. The molecular formula is C24H25FN2O3. The molecule has 2 amide bonds. The van der Waals surface area contributed by atoms with Gasteiger partial charge in [0.2, 0.25) is 5.91 Å². The van der Waals surface area contributed by atoms with Gasteiger partial charge in [0.05, 0.1) is 18.2 Å². The van der Waals surface area contributed by atoms with Crippen LogP contribution < -0.4 is 0 Å². The Bertz CT molecular complexity index is 979. The highest BCUT2D eigenvalue weighted by atomic mass is 19.1. The van der Waals surface area contributed by atoms with E-state index in [0.29, 0.717) is 18.7 Å². The van der Waals surface area contributed by atoms with Crippen molar-refractivity contribution < 1.29 is 19.1 Å².